The lowest BCUT2D eigenvalue weighted by Gasteiger charge is -2.11. The SMILES string of the molecule is COc1ccccc1NC(=O)Cn1c(N)nc2ccccc21. The summed E-state index contributed by atoms with van der Waals surface area (Å²) in [5.74, 6) is 0.732. The lowest BCUT2D eigenvalue weighted by molar-refractivity contribution is -0.116. The largest absolute Gasteiger partial charge is 0.495 e. The second kappa shape index (κ2) is 5.77. The third-order valence-corrected chi connectivity index (χ3v) is 3.37. The van der Waals surface area contributed by atoms with Crippen LogP contribution in [-0.4, -0.2) is 22.6 Å². The number of nitrogens with one attached hydrogen (secondary N) is 1. The maximum atomic E-state index is 12.3. The second-order valence-electron chi connectivity index (χ2n) is 4.79. The molecule has 2 aromatic carbocycles. The minimum atomic E-state index is -0.195. The van der Waals surface area contributed by atoms with E-state index in [1.165, 1.54) is 0 Å². The fraction of sp³-hybridized carbons (Fsp3) is 0.125. The zero-order chi connectivity index (χ0) is 15.5. The average Bonchev–Trinajstić information content (AvgIpc) is 2.84. The van der Waals surface area contributed by atoms with Gasteiger partial charge < -0.3 is 20.4 Å². The monoisotopic (exact) mass is 296 g/mol. The Balaban J connectivity index is 1.83. The first-order chi connectivity index (χ1) is 10.7. The molecule has 0 radical (unpaired) electrons. The van der Waals surface area contributed by atoms with Gasteiger partial charge in [-0.3, -0.25) is 4.79 Å². The van der Waals surface area contributed by atoms with E-state index in [0.29, 0.717) is 17.4 Å². The second-order valence-corrected chi connectivity index (χ2v) is 4.79. The Morgan fingerprint density at radius 2 is 1.95 bits per heavy atom. The van der Waals surface area contributed by atoms with E-state index < -0.39 is 0 Å². The van der Waals surface area contributed by atoms with Crippen LogP contribution in [0.5, 0.6) is 5.75 Å². The van der Waals surface area contributed by atoms with Gasteiger partial charge in [0, 0.05) is 0 Å². The fourth-order valence-electron chi connectivity index (χ4n) is 2.34. The number of aromatic nitrogens is 2. The first kappa shape index (κ1) is 13.9. The van der Waals surface area contributed by atoms with Crippen LogP contribution in [0.15, 0.2) is 48.5 Å². The molecule has 0 saturated carbocycles. The molecule has 1 amide bonds. The van der Waals surface area contributed by atoms with Crippen molar-refractivity contribution in [2.75, 3.05) is 18.2 Å². The number of nitrogens with two attached hydrogens (primary N) is 1. The third-order valence-electron chi connectivity index (χ3n) is 3.37. The molecule has 0 bridgehead atoms. The van der Waals surface area contributed by atoms with Crippen molar-refractivity contribution in [3.8, 4) is 5.75 Å². The van der Waals surface area contributed by atoms with Gasteiger partial charge in [-0.15, -0.1) is 0 Å². The van der Waals surface area contributed by atoms with Gasteiger partial charge in [0.15, 0.2) is 0 Å². The molecule has 3 aromatic rings. The molecule has 0 aliphatic carbocycles. The highest BCUT2D eigenvalue weighted by atomic mass is 16.5. The number of benzene rings is 2. The number of nitrogens with zero attached hydrogens (tertiary/aromatic N) is 2. The summed E-state index contributed by atoms with van der Waals surface area (Å²) < 4.78 is 6.90. The van der Waals surface area contributed by atoms with Crippen molar-refractivity contribution in [3.63, 3.8) is 0 Å². The molecule has 0 saturated heterocycles. The summed E-state index contributed by atoms with van der Waals surface area (Å²) in [7, 11) is 1.56. The lowest BCUT2D eigenvalue weighted by atomic mass is 10.3. The summed E-state index contributed by atoms with van der Waals surface area (Å²) >= 11 is 0. The molecule has 112 valence electrons. The molecule has 0 aliphatic heterocycles. The first-order valence-electron chi connectivity index (χ1n) is 6.82. The Bertz CT molecular complexity index is 826. The molecule has 3 N–H and O–H groups in total. The minimum Gasteiger partial charge on any atom is -0.495 e. The zero-order valence-corrected chi connectivity index (χ0v) is 12.1. The minimum absolute atomic E-state index is 0.0877. The van der Waals surface area contributed by atoms with Crippen molar-refractivity contribution in [2.45, 2.75) is 6.54 Å². The number of amides is 1. The highest BCUT2D eigenvalue weighted by Crippen LogP contribution is 2.23. The van der Waals surface area contributed by atoms with Crippen molar-refractivity contribution < 1.29 is 9.53 Å². The topological polar surface area (TPSA) is 82.2 Å². The van der Waals surface area contributed by atoms with Gasteiger partial charge in [0.25, 0.3) is 0 Å². The molecular weight excluding hydrogens is 280 g/mol. The third kappa shape index (κ3) is 2.58. The maximum absolute atomic E-state index is 12.3. The van der Waals surface area contributed by atoms with E-state index in [1.54, 1.807) is 23.8 Å². The van der Waals surface area contributed by atoms with Crippen molar-refractivity contribution >= 4 is 28.6 Å². The average molecular weight is 296 g/mol. The van der Waals surface area contributed by atoms with Gasteiger partial charge in [-0.1, -0.05) is 24.3 Å². The number of carbonyl (C=O) groups excluding carboxylic acids is 1. The van der Waals surface area contributed by atoms with Crippen molar-refractivity contribution in [1.29, 1.82) is 0 Å². The van der Waals surface area contributed by atoms with Crippen molar-refractivity contribution in [2.24, 2.45) is 0 Å². The van der Waals surface area contributed by atoms with Gasteiger partial charge in [-0.2, -0.15) is 0 Å². The Kier molecular flexibility index (Phi) is 3.65. The van der Waals surface area contributed by atoms with Crippen LogP contribution in [0.25, 0.3) is 11.0 Å². The summed E-state index contributed by atoms with van der Waals surface area (Å²) in [6.07, 6.45) is 0. The number of carbonyl (C=O) groups is 1. The highest BCUT2D eigenvalue weighted by molar-refractivity contribution is 5.93. The number of para-hydroxylation sites is 4. The van der Waals surface area contributed by atoms with Crippen LogP contribution >= 0.6 is 0 Å². The number of hydrogen-bond donors (Lipinski definition) is 2. The van der Waals surface area contributed by atoms with Crippen molar-refractivity contribution in [3.05, 3.63) is 48.5 Å². The van der Waals surface area contributed by atoms with E-state index in [2.05, 4.69) is 10.3 Å². The van der Waals surface area contributed by atoms with Crippen LogP contribution in [0.1, 0.15) is 0 Å². The Morgan fingerprint density at radius 3 is 2.77 bits per heavy atom. The molecule has 1 heterocycles. The molecule has 0 aliphatic rings. The number of ether oxygens (including phenoxy) is 1. The van der Waals surface area contributed by atoms with Crippen molar-refractivity contribution in [1.82, 2.24) is 9.55 Å². The van der Waals surface area contributed by atoms with Crippen LogP contribution in [0.3, 0.4) is 0 Å². The highest BCUT2D eigenvalue weighted by Gasteiger charge is 2.12. The smallest absolute Gasteiger partial charge is 0.244 e. The van der Waals surface area contributed by atoms with Gasteiger partial charge >= 0.3 is 0 Å². The molecule has 0 unspecified atom stereocenters. The number of anilines is 2. The molecule has 0 atom stereocenters. The predicted molar refractivity (Wildman–Crippen MR) is 85.8 cm³/mol. The van der Waals surface area contributed by atoms with E-state index in [9.17, 15) is 4.79 Å². The summed E-state index contributed by atoms with van der Waals surface area (Å²) in [5.41, 5.74) is 8.12. The van der Waals surface area contributed by atoms with E-state index in [1.807, 2.05) is 36.4 Å². The van der Waals surface area contributed by atoms with E-state index in [0.717, 1.165) is 11.0 Å². The molecule has 3 rings (SSSR count). The molecule has 22 heavy (non-hydrogen) atoms. The molecular formula is C16H16N4O2. The number of hydrogen-bond acceptors (Lipinski definition) is 4. The standard InChI is InChI=1S/C16H16N4O2/c1-22-14-9-5-3-7-12(14)18-15(21)10-20-13-8-4-2-6-11(13)19-16(20)17/h2-9H,10H2,1H3,(H2,17,19)(H,18,21). The van der Waals surface area contributed by atoms with Gasteiger partial charge in [0.1, 0.15) is 12.3 Å². The first-order valence-corrected chi connectivity index (χ1v) is 6.82. The lowest BCUT2D eigenvalue weighted by Crippen LogP contribution is -2.20. The number of imidazole rings is 1. The number of fused-ring (bicyclic) bond motifs is 1. The summed E-state index contributed by atoms with van der Waals surface area (Å²) in [6, 6.07) is 14.8. The van der Waals surface area contributed by atoms with Crippen LogP contribution in [0.4, 0.5) is 11.6 Å². The molecule has 0 spiro atoms. The number of methoxy groups -OCH3 is 1. The van der Waals surface area contributed by atoms with Gasteiger partial charge in [-0.25, -0.2) is 4.98 Å². The number of rotatable bonds is 4. The molecule has 1 aromatic heterocycles. The fourth-order valence-corrected chi connectivity index (χ4v) is 2.34. The van der Waals surface area contributed by atoms with Gasteiger partial charge in [0.05, 0.1) is 23.8 Å². The molecule has 0 fully saturated rings. The van der Waals surface area contributed by atoms with Gasteiger partial charge in [-0.05, 0) is 24.3 Å². The van der Waals surface area contributed by atoms with Crippen LogP contribution in [0.2, 0.25) is 0 Å². The molecule has 6 heteroatoms. The van der Waals surface area contributed by atoms with E-state index in [-0.39, 0.29) is 12.5 Å². The maximum Gasteiger partial charge on any atom is 0.244 e. The number of nitrogen functional groups attached to an aromatic ring is 1. The van der Waals surface area contributed by atoms with E-state index >= 15 is 0 Å². The Morgan fingerprint density at radius 1 is 1.23 bits per heavy atom. The Labute approximate surface area is 127 Å². The Hall–Kier alpha value is -3.02. The summed E-state index contributed by atoms with van der Waals surface area (Å²) in [6.45, 7) is 0.0877. The summed E-state index contributed by atoms with van der Waals surface area (Å²) in [5, 5.41) is 2.82. The molecule has 6 nitrogen and oxygen atoms in total. The normalized spacial score (nSPS) is 10.6. The van der Waals surface area contributed by atoms with Gasteiger partial charge in [0.2, 0.25) is 11.9 Å². The predicted octanol–water partition coefficient (Wildman–Crippen LogP) is 2.27. The van der Waals surface area contributed by atoms with Crippen LogP contribution < -0.4 is 15.8 Å². The summed E-state index contributed by atoms with van der Waals surface area (Å²) in [4.78, 5) is 16.5. The van der Waals surface area contributed by atoms with E-state index in [4.69, 9.17) is 10.5 Å². The zero-order valence-electron chi connectivity index (χ0n) is 12.1. The van der Waals surface area contributed by atoms with Crippen LogP contribution in [0, 0.1) is 0 Å². The van der Waals surface area contributed by atoms with Crippen LogP contribution in [-0.2, 0) is 11.3 Å². The quantitative estimate of drug-likeness (QED) is 0.773.